The third-order valence-corrected chi connectivity index (χ3v) is 4.41. The SMILES string of the molecule is C[C@@H]1C[C@H](C)CN(C(=O)COC(=O)Cn2cnc3ccccc32)C1. The zero-order chi connectivity index (χ0) is 17.1. The summed E-state index contributed by atoms with van der Waals surface area (Å²) in [6, 6.07) is 7.59. The molecule has 1 aliphatic rings. The molecule has 3 rings (SSSR count). The summed E-state index contributed by atoms with van der Waals surface area (Å²) in [5.74, 6) is 0.443. The summed E-state index contributed by atoms with van der Waals surface area (Å²) in [5, 5.41) is 0. The molecule has 2 heterocycles. The van der Waals surface area contributed by atoms with E-state index >= 15 is 0 Å². The number of hydrogen-bond donors (Lipinski definition) is 0. The van der Waals surface area contributed by atoms with E-state index in [1.165, 1.54) is 0 Å². The van der Waals surface area contributed by atoms with Crippen LogP contribution in [0.4, 0.5) is 0 Å². The van der Waals surface area contributed by atoms with E-state index in [-0.39, 0.29) is 19.1 Å². The molecule has 0 aliphatic carbocycles. The molecule has 0 radical (unpaired) electrons. The van der Waals surface area contributed by atoms with Crippen molar-refractivity contribution in [1.29, 1.82) is 0 Å². The fourth-order valence-corrected chi connectivity index (χ4v) is 3.42. The first-order chi connectivity index (χ1) is 11.5. The van der Waals surface area contributed by atoms with Crippen molar-refractivity contribution in [3.05, 3.63) is 30.6 Å². The molecular formula is C18H23N3O3. The van der Waals surface area contributed by atoms with Crippen molar-refractivity contribution in [2.45, 2.75) is 26.8 Å². The third kappa shape index (κ3) is 3.75. The van der Waals surface area contributed by atoms with Gasteiger partial charge in [0.2, 0.25) is 0 Å². The number of likely N-dealkylation sites (tertiary alicyclic amines) is 1. The van der Waals surface area contributed by atoms with Crippen molar-refractivity contribution in [2.24, 2.45) is 11.8 Å². The molecule has 6 nitrogen and oxygen atoms in total. The number of ether oxygens (including phenoxy) is 1. The van der Waals surface area contributed by atoms with E-state index in [1.807, 2.05) is 24.3 Å². The molecule has 1 aromatic heterocycles. The molecule has 0 saturated carbocycles. The van der Waals surface area contributed by atoms with Crippen LogP contribution in [0.25, 0.3) is 11.0 Å². The summed E-state index contributed by atoms with van der Waals surface area (Å²) in [6.45, 7) is 5.64. The van der Waals surface area contributed by atoms with Gasteiger partial charge in [-0.3, -0.25) is 9.59 Å². The van der Waals surface area contributed by atoms with Crippen molar-refractivity contribution in [2.75, 3.05) is 19.7 Å². The number of piperidine rings is 1. The van der Waals surface area contributed by atoms with Crippen LogP contribution in [0.15, 0.2) is 30.6 Å². The quantitative estimate of drug-likeness (QED) is 0.806. The van der Waals surface area contributed by atoms with Gasteiger partial charge in [0.15, 0.2) is 6.61 Å². The van der Waals surface area contributed by atoms with Gasteiger partial charge in [-0.15, -0.1) is 0 Å². The average molecular weight is 329 g/mol. The number of nitrogens with zero attached hydrogens (tertiary/aromatic N) is 3. The second kappa shape index (κ2) is 7.03. The van der Waals surface area contributed by atoms with Gasteiger partial charge in [0.1, 0.15) is 6.54 Å². The van der Waals surface area contributed by atoms with Crippen LogP contribution in [0.2, 0.25) is 0 Å². The Labute approximate surface area is 141 Å². The van der Waals surface area contributed by atoms with Crippen LogP contribution in [0.3, 0.4) is 0 Å². The number of rotatable bonds is 4. The minimum atomic E-state index is -0.426. The van der Waals surface area contributed by atoms with Gasteiger partial charge in [-0.25, -0.2) is 4.98 Å². The summed E-state index contributed by atoms with van der Waals surface area (Å²) in [7, 11) is 0. The summed E-state index contributed by atoms with van der Waals surface area (Å²) < 4.78 is 6.90. The molecule has 1 aromatic carbocycles. The number of carbonyl (C=O) groups excluding carboxylic acids is 2. The lowest BCUT2D eigenvalue weighted by atomic mass is 9.92. The van der Waals surface area contributed by atoms with E-state index in [0.29, 0.717) is 11.8 Å². The highest BCUT2D eigenvalue weighted by atomic mass is 16.5. The predicted molar refractivity (Wildman–Crippen MR) is 90.2 cm³/mol. The lowest BCUT2D eigenvalue weighted by molar-refractivity contribution is -0.153. The zero-order valence-corrected chi connectivity index (χ0v) is 14.1. The second-order valence-electron chi connectivity index (χ2n) is 6.77. The van der Waals surface area contributed by atoms with E-state index in [9.17, 15) is 9.59 Å². The third-order valence-electron chi connectivity index (χ3n) is 4.41. The molecule has 2 atom stereocenters. The van der Waals surface area contributed by atoms with Gasteiger partial charge in [0.25, 0.3) is 5.91 Å². The topological polar surface area (TPSA) is 64.4 Å². The van der Waals surface area contributed by atoms with E-state index in [1.54, 1.807) is 15.8 Å². The Morgan fingerprint density at radius 2 is 1.92 bits per heavy atom. The first-order valence-corrected chi connectivity index (χ1v) is 8.36. The zero-order valence-electron chi connectivity index (χ0n) is 14.1. The molecule has 1 amide bonds. The van der Waals surface area contributed by atoms with Crippen molar-refractivity contribution >= 4 is 22.9 Å². The van der Waals surface area contributed by atoms with Gasteiger partial charge < -0.3 is 14.2 Å². The van der Waals surface area contributed by atoms with E-state index in [0.717, 1.165) is 30.5 Å². The summed E-state index contributed by atoms with van der Waals surface area (Å²) in [5.41, 5.74) is 1.71. The highest BCUT2D eigenvalue weighted by Crippen LogP contribution is 2.21. The van der Waals surface area contributed by atoms with Crippen LogP contribution in [0, 0.1) is 11.8 Å². The van der Waals surface area contributed by atoms with Crippen LogP contribution < -0.4 is 0 Å². The smallest absolute Gasteiger partial charge is 0.326 e. The van der Waals surface area contributed by atoms with E-state index in [4.69, 9.17) is 4.74 Å². The van der Waals surface area contributed by atoms with Crippen molar-refractivity contribution < 1.29 is 14.3 Å². The lowest BCUT2D eigenvalue weighted by Crippen LogP contribution is -2.44. The number of benzene rings is 1. The number of amides is 1. The maximum atomic E-state index is 12.2. The Morgan fingerprint density at radius 3 is 2.67 bits per heavy atom. The van der Waals surface area contributed by atoms with Gasteiger partial charge >= 0.3 is 5.97 Å². The predicted octanol–water partition coefficient (Wildman–Crippen LogP) is 2.08. The summed E-state index contributed by atoms with van der Waals surface area (Å²) >= 11 is 0. The van der Waals surface area contributed by atoms with E-state index in [2.05, 4.69) is 18.8 Å². The highest BCUT2D eigenvalue weighted by molar-refractivity contribution is 5.82. The standard InChI is InChI=1S/C18H23N3O3/c1-13-7-14(2)9-20(8-13)17(22)11-24-18(23)10-21-12-19-15-5-3-4-6-16(15)21/h3-6,12-14H,7-11H2,1-2H3/t13-,14+. The lowest BCUT2D eigenvalue weighted by Gasteiger charge is -2.34. The largest absolute Gasteiger partial charge is 0.454 e. The maximum Gasteiger partial charge on any atom is 0.326 e. The van der Waals surface area contributed by atoms with Crippen LogP contribution in [-0.2, 0) is 20.9 Å². The molecule has 0 bridgehead atoms. The van der Waals surface area contributed by atoms with Crippen LogP contribution >= 0.6 is 0 Å². The van der Waals surface area contributed by atoms with Crippen LogP contribution in [0.1, 0.15) is 20.3 Å². The summed E-state index contributed by atoms with van der Waals surface area (Å²) in [4.78, 5) is 30.3. The molecule has 0 unspecified atom stereocenters. The Balaban J connectivity index is 1.53. The molecule has 1 aliphatic heterocycles. The number of aromatic nitrogens is 2. The Hall–Kier alpha value is -2.37. The molecule has 0 spiro atoms. The number of esters is 1. The molecule has 1 saturated heterocycles. The first kappa shape index (κ1) is 16.5. The number of imidazole rings is 1. The Kier molecular flexibility index (Phi) is 4.83. The highest BCUT2D eigenvalue weighted by Gasteiger charge is 2.25. The minimum absolute atomic E-state index is 0.0561. The number of hydrogen-bond acceptors (Lipinski definition) is 4. The van der Waals surface area contributed by atoms with Gasteiger partial charge in [0.05, 0.1) is 17.4 Å². The number of carbonyl (C=O) groups is 2. The van der Waals surface area contributed by atoms with Gasteiger partial charge in [-0.2, -0.15) is 0 Å². The Bertz CT molecular complexity index is 730. The monoisotopic (exact) mass is 329 g/mol. The number of para-hydroxylation sites is 2. The number of fused-ring (bicyclic) bond motifs is 1. The van der Waals surface area contributed by atoms with Crippen molar-refractivity contribution in [1.82, 2.24) is 14.5 Å². The molecule has 0 N–H and O–H groups in total. The molecule has 1 fully saturated rings. The van der Waals surface area contributed by atoms with Gasteiger partial charge in [-0.1, -0.05) is 26.0 Å². The van der Waals surface area contributed by atoms with Gasteiger partial charge in [0, 0.05) is 13.1 Å². The molecule has 6 heteroatoms. The molecule has 128 valence electrons. The molecule has 24 heavy (non-hydrogen) atoms. The van der Waals surface area contributed by atoms with Gasteiger partial charge in [-0.05, 0) is 30.4 Å². The normalized spacial score (nSPS) is 21.0. The van der Waals surface area contributed by atoms with Crippen molar-refractivity contribution in [3.8, 4) is 0 Å². The first-order valence-electron chi connectivity index (χ1n) is 8.36. The van der Waals surface area contributed by atoms with Crippen LogP contribution in [0.5, 0.6) is 0 Å². The summed E-state index contributed by atoms with van der Waals surface area (Å²) in [6.07, 6.45) is 2.75. The fourth-order valence-electron chi connectivity index (χ4n) is 3.42. The molecular weight excluding hydrogens is 306 g/mol. The van der Waals surface area contributed by atoms with Crippen molar-refractivity contribution in [3.63, 3.8) is 0 Å². The average Bonchev–Trinajstić information content (AvgIpc) is 2.95. The Morgan fingerprint density at radius 1 is 1.21 bits per heavy atom. The van der Waals surface area contributed by atoms with Crippen LogP contribution in [-0.4, -0.2) is 46.0 Å². The second-order valence-corrected chi connectivity index (χ2v) is 6.77. The maximum absolute atomic E-state index is 12.2. The molecule has 2 aromatic rings. The minimum Gasteiger partial charge on any atom is -0.454 e. The fraction of sp³-hybridized carbons (Fsp3) is 0.500. The van der Waals surface area contributed by atoms with E-state index < -0.39 is 5.97 Å².